The van der Waals surface area contributed by atoms with E-state index in [0.717, 1.165) is 32.1 Å². The van der Waals surface area contributed by atoms with Crippen LogP contribution < -0.4 is 0 Å². The number of hydrogen-bond acceptors (Lipinski definition) is 3. The highest BCUT2D eigenvalue weighted by Crippen LogP contribution is 2.58. The Morgan fingerprint density at radius 2 is 2.24 bits per heavy atom. The Kier molecular flexibility index (Phi) is 3.36. The molecule has 0 aromatic rings. The van der Waals surface area contributed by atoms with Crippen molar-refractivity contribution in [2.24, 2.45) is 17.3 Å². The summed E-state index contributed by atoms with van der Waals surface area (Å²) in [7, 11) is 0. The first-order valence-corrected chi connectivity index (χ1v) is 6.59. The standard InChI is InChI=1S/C14H20O3/c1-3-5-7-10(6-4-2)14-9-8-11(14)12(15)17-13(14)16/h5,7,10-11H,3-4,6,8-9H2,1-2H3/b7-5-/t10?,11-,14-/m1/s1. The van der Waals surface area contributed by atoms with Crippen LogP contribution in [0.1, 0.15) is 46.0 Å². The van der Waals surface area contributed by atoms with Gasteiger partial charge >= 0.3 is 11.9 Å². The van der Waals surface area contributed by atoms with Gasteiger partial charge in [-0.05, 0) is 31.6 Å². The molecule has 2 aliphatic rings. The number of carbonyl (C=O) groups is 2. The Labute approximate surface area is 102 Å². The smallest absolute Gasteiger partial charge is 0.321 e. The molecule has 94 valence electrons. The summed E-state index contributed by atoms with van der Waals surface area (Å²) in [5, 5.41) is 0. The van der Waals surface area contributed by atoms with Crippen LogP contribution in [0.25, 0.3) is 0 Å². The van der Waals surface area contributed by atoms with Crippen LogP contribution in [0.3, 0.4) is 0 Å². The molecule has 3 nitrogen and oxygen atoms in total. The highest BCUT2D eigenvalue weighted by atomic mass is 16.6. The summed E-state index contributed by atoms with van der Waals surface area (Å²) in [6.07, 6.45) is 8.77. The molecule has 1 aliphatic heterocycles. The molecule has 0 aromatic heterocycles. The maximum absolute atomic E-state index is 12.0. The number of fused-ring (bicyclic) bond motifs is 1. The average molecular weight is 236 g/mol. The van der Waals surface area contributed by atoms with Crippen molar-refractivity contribution in [3.8, 4) is 0 Å². The van der Waals surface area contributed by atoms with Crippen LogP contribution in [0.4, 0.5) is 0 Å². The van der Waals surface area contributed by atoms with Crippen molar-refractivity contribution < 1.29 is 14.3 Å². The van der Waals surface area contributed by atoms with Crippen LogP contribution in [0.5, 0.6) is 0 Å². The lowest BCUT2D eigenvalue weighted by Crippen LogP contribution is -2.48. The summed E-state index contributed by atoms with van der Waals surface area (Å²) in [4.78, 5) is 23.5. The molecule has 0 N–H and O–H groups in total. The summed E-state index contributed by atoms with van der Waals surface area (Å²) in [5.41, 5.74) is -0.515. The first-order valence-electron chi connectivity index (χ1n) is 6.59. The Morgan fingerprint density at radius 3 is 2.71 bits per heavy atom. The summed E-state index contributed by atoms with van der Waals surface area (Å²) < 4.78 is 4.85. The lowest BCUT2D eigenvalue weighted by atomic mass is 9.54. The van der Waals surface area contributed by atoms with Crippen molar-refractivity contribution in [1.29, 1.82) is 0 Å². The molecule has 17 heavy (non-hydrogen) atoms. The average Bonchev–Trinajstić information content (AvgIpc) is 2.40. The van der Waals surface area contributed by atoms with E-state index in [1.807, 2.05) is 0 Å². The molecule has 3 atom stereocenters. The predicted molar refractivity (Wildman–Crippen MR) is 64.1 cm³/mol. The van der Waals surface area contributed by atoms with E-state index in [2.05, 4.69) is 26.0 Å². The Bertz CT molecular complexity index is 358. The lowest BCUT2D eigenvalue weighted by Gasteiger charge is -2.43. The minimum atomic E-state index is -0.515. The van der Waals surface area contributed by atoms with Gasteiger partial charge in [0.25, 0.3) is 0 Å². The van der Waals surface area contributed by atoms with Gasteiger partial charge in [0, 0.05) is 0 Å². The number of esters is 2. The minimum absolute atomic E-state index is 0.171. The molecule has 0 radical (unpaired) electrons. The second-order valence-electron chi connectivity index (χ2n) is 5.07. The monoisotopic (exact) mass is 236 g/mol. The molecule has 1 aliphatic carbocycles. The van der Waals surface area contributed by atoms with E-state index in [-0.39, 0.29) is 23.8 Å². The zero-order valence-corrected chi connectivity index (χ0v) is 10.6. The fourth-order valence-corrected chi connectivity index (χ4v) is 3.16. The fraction of sp³-hybridized carbons (Fsp3) is 0.714. The molecule has 1 saturated heterocycles. The van der Waals surface area contributed by atoms with Crippen LogP contribution in [-0.4, -0.2) is 11.9 Å². The van der Waals surface area contributed by atoms with Crippen molar-refractivity contribution >= 4 is 11.9 Å². The van der Waals surface area contributed by atoms with Gasteiger partial charge < -0.3 is 4.74 Å². The van der Waals surface area contributed by atoms with Gasteiger partial charge in [-0.15, -0.1) is 0 Å². The molecule has 2 rings (SSSR count). The van der Waals surface area contributed by atoms with Crippen molar-refractivity contribution in [1.82, 2.24) is 0 Å². The van der Waals surface area contributed by atoms with Crippen molar-refractivity contribution in [2.45, 2.75) is 46.0 Å². The van der Waals surface area contributed by atoms with Gasteiger partial charge in [0.2, 0.25) is 0 Å². The predicted octanol–water partition coefficient (Wildman–Crippen LogP) is 2.85. The lowest BCUT2D eigenvalue weighted by molar-refractivity contribution is -0.156. The molecule has 0 amide bonds. The molecule has 0 spiro atoms. The maximum Gasteiger partial charge on any atom is 0.321 e. The van der Waals surface area contributed by atoms with Crippen LogP contribution >= 0.6 is 0 Å². The number of cyclic esters (lactones) is 2. The summed E-state index contributed by atoms with van der Waals surface area (Å²) in [6.45, 7) is 4.19. The third-order valence-corrected chi connectivity index (χ3v) is 4.19. The molecule has 1 heterocycles. The molecule has 1 saturated carbocycles. The first-order chi connectivity index (χ1) is 8.16. The quantitative estimate of drug-likeness (QED) is 0.419. The van der Waals surface area contributed by atoms with E-state index in [9.17, 15) is 9.59 Å². The van der Waals surface area contributed by atoms with Gasteiger partial charge in [-0.25, -0.2) is 0 Å². The third-order valence-electron chi connectivity index (χ3n) is 4.19. The highest BCUT2D eigenvalue weighted by molar-refractivity contribution is 6.01. The normalized spacial score (nSPS) is 33.4. The highest BCUT2D eigenvalue weighted by Gasteiger charge is 2.66. The van der Waals surface area contributed by atoms with Crippen LogP contribution in [0.15, 0.2) is 12.2 Å². The van der Waals surface area contributed by atoms with E-state index in [4.69, 9.17) is 4.74 Å². The van der Waals surface area contributed by atoms with Crippen LogP contribution in [0, 0.1) is 17.3 Å². The molecule has 3 heteroatoms. The topological polar surface area (TPSA) is 43.4 Å². The Hall–Kier alpha value is -1.12. The van der Waals surface area contributed by atoms with Crippen molar-refractivity contribution in [2.75, 3.05) is 0 Å². The molecular weight excluding hydrogens is 216 g/mol. The molecule has 0 aromatic carbocycles. The molecular formula is C14H20O3. The molecule has 0 bridgehead atoms. The van der Waals surface area contributed by atoms with Gasteiger partial charge in [0.15, 0.2) is 0 Å². The first kappa shape index (κ1) is 12.3. The number of allylic oxidation sites excluding steroid dienone is 2. The van der Waals surface area contributed by atoms with E-state index in [1.54, 1.807) is 0 Å². The van der Waals surface area contributed by atoms with Crippen molar-refractivity contribution in [3.05, 3.63) is 12.2 Å². The fourth-order valence-electron chi connectivity index (χ4n) is 3.16. The third kappa shape index (κ3) is 1.72. The van der Waals surface area contributed by atoms with E-state index in [1.165, 1.54) is 0 Å². The molecule has 2 fully saturated rings. The van der Waals surface area contributed by atoms with Crippen LogP contribution in [0.2, 0.25) is 0 Å². The zero-order chi connectivity index (χ0) is 12.5. The molecule has 1 unspecified atom stereocenters. The largest absolute Gasteiger partial charge is 0.392 e. The second-order valence-corrected chi connectivity index (χ2v) is 5.07. The Balaban J connectivity index is 2.25. The van der Waals surface area contributed by atoms with E-state index < -0.39 is 5.41 Å². The van der Waals surface area contributed by atoms with Crippen LogP contribution in [-0.2, 0) is 14.3 Å². The second kappa shape index (κ2) is 4.63. The van der Waals surface area contributed by atoms with Gasteiger partial charge in [-0.1, -0.05) is 32.4 Å². The summed E-state index contributed by atoms with van der Waals surface area (Å²) in [6, 6.07) is 0. The van der Waals surface area contributed by atoms with Gasteiger partial charge in [-0.3, -0.25) is 9.59 Å². The van der Waals surface area contributed by atoms with Crippen molar-refractivity contribution in [3.63, 3.8) is 0 Å². The SMILES string of the molecule is CC/C=C\C(CCC)[C@]12CC[C@@H]1C(=O)OC2=O. The number of ether oxygens (including phenoxy) is 1. The van der Waals surface area contributed by atoms with Gasteiger partial charge in [0.1, 0.15) is 0 Å². The summed E-state index contributed by atoms with van der Waals surface area (Å²) >= 11 is 0. The zero-order valence-electron chi connectivity index (χ0n) is 10.6. The number of carbonyl (C=O) groups excluding carboxylic acids is 2. The number of rotatable bonds is 5. The maximum atomic E-state index is 12.0. The van der Waals surface area contributed by atoms with Gasteiger partial charge in [0.05, 0.1) is 11.3 Å². The number of hydrogen-bond donors (Lipinski definition) is 0. The van der Waals surface area contributed by atoms with E-state index >= 15 is 0 Å². The Morgan fingerprint density at radius 1 is 1.47 bits per heavy atom. The van der Waals surface area contributed by atoms with E-state index in [0.29, 0.717) is 0 Å². The summed E-state index contributed by atoms with van der Waals surface area (Å²) in [5.74, 6) is -0.580. The van der Waals surface area contributed by atoms with Gasteiger partial charge in [-0.2, -0.15) is 0 Å². The minimum Gasteiger partial charge on any atom is -0.392 e.